The Balaban J connectivity index is 2.33. The van der Waals surface area contributed by atoms with Gasteiger partial charge in [0.1, 0.15) is 5.82 Å². The van der Waals surface area contributed by atoms with Gasteiger partial charge in [-0.1, -0.05) is 12.1 Å². The van der Waals surface area contributed by atoms with Gasteiger partial charge in [0.25, 0.3) is 0 Å². The summed E-state index contributed by atoms with van der Waals surface area (Å²) in [6.45, 7) is 2.86. The van der Waals surface area contributed by atoms with E-state index in [1.165, 1.54) is 18.4 Å². The zero-order valence-corrected chi connectivity index (χ0v) is 11.8. The van der Waals surface area contributed by atoms with Crippen LogP contribution in [0.5, 0.6) is 0 Å². The molecule has 0 aromatic heterocycles. The Morgan fingerprint density at radius 1 is 1.39 bits per heavy atom. The highest BCUT2D eigenvalue weighted by Crippen LogP contribution is 2.56. The van der Waals surface area contributed by atoms with Crippen LogP contribution in [-0.4, -0.2) is 32.6 Å². The van der Waals surface area contributed by atoms with Gasteiger partial charge in [-0.15, -0.1) is 0 Å². The topological polar surface area (TPSA) is 15.3 Å². The molecular weight excluding hydrogens is 227 g/mol. The third-order valence-electron chi connectivity index (χ3n) is 4.02. The number of benzene rings is 1. The Kier molecular flexibility index (Phi) is 3.74. The van der Waals surface area contributed by atoms with Crippen molar-refractivity contribution in [3.05, 3.63) is 35.1 Å². The van der Waals surface area contributed by atoms with E-state index in [2.05, 4.69) is 24.3 Å². The second kappa shape index (κ2) is 4.98. The summed E-state index contributed by atoms with van der Waals surface area (Å²) in [4.78, 5) is 2.26. The highest BCUT2D eigenvalue weighted by Gasteiger charge is 2.50. The summed E-state index contributed by atoms with van der Waals surface area (Å²) >= 11 is 0. The molecule has 18 heavy (non-hydrogen) atoms. The van der Waals surface area contributed by atoms with Crippen LogP contribution in [-0.2, 0) is 0 Å². The maximum absolute atomic E-state index is 13.4. The molecule has 1 aliphatic rings. The van der Waals surface area contributed by atoms with Crippen LogP contribution < -0.4 is 5.32 Å². The maximum atomic E-state index is 13.4. The van der Waals surface area contributed by atoms with Crippen molar-refractivity contribution < 1.29 is 4.39 Å². The molecule has 1 fully saturated rings. The fourth-order valence-corrected chi connectivity index (χ4v) is 3.10. The minimum atomic E-state index is -0.116. The van der Waals surface area contributed by atoms with Crippen LogP contribution in [0.1, 0.15) is 30.0 Å². The molecule has 1 unspecified atom stereocenters. The van der Waals surface area contributed by atoms with Gasteiger partial charge >= 0.3 is 0 Å². The van der Waals surface area contributed by atoms with Crippen molar-refractivity contribution in [2.45, 2.75) is 25.8 Å². The maximum Gasteiger partial charge on any atom is 0.126 e. The molecule has 1 aliphatic carbocycles. The van der Waals surface area contributed by atoms with Gasteiger partial charge in [-0.2, -0.15) is 0 Å². The summed E-state index contributed by atoms with van der Waals surface area (Å²) < 4.78 is 13.4. The van der Waals surface area contributed by atoms with Crippen LogP contribution in [0.2, 0.25) is 0 Å². The van der Waals surface area contributed by atoms with Gasteiger partial charge in [-0.25, -0.2) is 4.39 Å². The van der Waals surface area contributed by atoms with E-state index >= 15 is 0 Å². The van der Waals surface area contributed by atoms with Crippen molar-refractivity contribution in [3.8, 4) is 0 Å². The smallest absolute Gasteiger partial charge is 0.126 e. The van der Waals surface area contributed by atoms with Gasteiger partial charge in [0, 0.05) is 18.0 Å². The molecule has 100 valence electrons. The summed E-state index contributed by atoms with van der Waals surface area (Å²) in [5.41, 5.74) is 2.29. The quantitative estimate of drug-likeness (QED) is 0.864. The number of nitrogens with zero attached hydrogens (tertiary/aromatic N) is 1. The standard InChI is InChI=1S/C15H23FN2/c1-11-9-12(5-6-13(11)16)14(18(3)4)15(7-8-15)10-17-2/h5-6,9,14,17H,7-8,10H2,1-4H3. The first-order valence-electron chi connectivity index (χ1n) is 6.57. The van der Waals surface area contributed by atoms with Crippen LogP contribution >= 0.6 is 0 Å². The summed E-state index contributed by atoms with van der Waals surface area (Å²) in [6, 6.07) is 5.89. The van der Waals surface area contributed by atoms with Crippen molar-refractivity contribution in [2.75, 3.05) is 27.7 Å². The van der Waals surface area contributed by atoms with E-state index in [0.29, 0.717) is 11.5 Å². The van der Waals surface area contributed by atoms with Crippen LogP contribution in [0.15, 0.2) is 18.2 Å². The number of aryl methyl sites for hydroxylation is 1. The highest BCUT2D eigenvalue weighted by molar-refractivity contribution is 5.29. The van der Waals surface area contributed by atoms with E-state index in [4.69, 9.17) is 0 Å². The van der Waals surface area contributed by atoms with E-state index in [-0.39, 0.29) is 5.82 Å². The lowest BCUT2D eigenvalue weighted by Crippen LogP contribution is -2.34. The second-order valence-electron chi connectivity index (χ2n) is 5.77. The Bertz CT molecular complexity index is 425. The van der Waals surface area contributed by atoms with Gasteiger partial charge in [-0.05, 0) is 58.1 Å². The molecule has 1 aromatic rings. The van der Waals surface area contributed by atoms with E-state index < -0.39 is 0 Å². The Morgan fingerprint density at radius 3 is 2.50 bits per heavy atom. The molecule has 0 bridgehead atoms. The molecule has 0 radical (unpaired) electrons. The van der Waals surface area contributed by atoms with Crippen molar-refractivity contribution in [2.24, 2.45) is 5.41 Å². The normalized spacial score (nSPS) is 19.0. The molecule has 1 saturated carbocycles. The first-order chi connectivity index (χ1) is 8.50. The van der Waals surface area contributed by atoms with Crippen molar-refractivity contribution in [1.29, 1.82) is 0 Å². The molecule has 0 aliphatic heterocycles. The minimum absolute atomic E-state index is 0.116. The third-order valence-corrected chi connectivity index (χ3v) is 4.02. The number of hydrogen-bond acceptors (Lipinski definition) is 2. The largest absolute Gasteiger partial charge is 0.319 e. The zero-order chi connectivity index (χ0) is 13.3. The lowest BCUT2D eigenvalue weighted by Gasteiger charge is -2.33. The summed E-state index contributed by atoms with van der Waals surface area (Å²) in [5.74, 6) is -0.116. The number of halogens is 1. The van der Waals surface area contributed by atoms with Crippen LogP contribution in [0.25, 0.3) is 0 Å². The molecule has 2 nitrogen and oxygen atoms in total. The average molecular weight is 250 g/mol. The van der Waals surface area contributed by atoms with Crippen LogP contribution in [0.3, 0.4) is 0 Å². The van der Waals surface area contributed by atoms with Gasteiger partial charge < -0.3 is 10.2 Å². The zero-order valence-electron chi connectivity index (χ0n) is 11.8. The first-order valence-corrected chi connectivity index (χ1v) is 6.57. The fraction of sp³-hybridized carbons (Fsp3) is 0.600. The monoisotopic (exact) mass is 250 g/mol. The lowest BCUT2D eigenvalue weighted by atomic mass is 9.88. The SMILES string of the molecule is CNCC1(C(c2ccc(F)c(C)c2)N(C)C)CC1. The number of nitrogens with one attached hydrogen (secondary N) is 1. The van der Waals surface area contributed by atoms with Gasteiger partial charge in [-0.3, -0.25) is 0 Å². The molecule has 0 amide bonds. The van der Waals surface area contributed by atoms with E-state index in [1.54, 1.807) is 6.07 Å². The second-order valence-corrected chi connectivity index (χ2v) is 5.77. The molecule has 1 atom stereocenters. The van der Waals surface area contributed by atoms with Crippen LogP contribution in [0.4, 0.5) is 4.39 Å². The highest BCUT2D eigenvalue weighted by atomic mass is 19.1. The molecule has 0 saturated heterocycles. The predicted molar refractivity (Wildman–Crippen MR) is 73.2 cm³/mol. The summed E-state index contributed by atoms with van der Waals surface area (Å²) in [7, 11) is 6.22. The number of hydrogen-bond donors (Lipinski definition) is 1. The van der Waals surface area contributed by atoms with E-state index in [0.717, 1.165) is 12.1 Å². The van der Waals surface area contributed by atoms with E-state index in [1.807, 2.05) is 26.1 Å². The Hall–Kier alpha value is -0.930. The van der Waals surface area contributed by atoms with Gasteiger partial charge in [0.05, 0.1) is 0 Å². The third kappa shape index (κ3) is 2.43. The molecule has 1 N–H and O–H groups in total. The molecule has 1 aromatic carbocycles. The van der Waals surface area contributed by atoms with Gasteiger partial charge in [0.2, 0.25) is 0 Å². The lowest BCUT2D eigenvalue weighted by molar-refractivity contribution is 0.191. The van der Waals surface area contributed by atoms with E-state index in [9.17, 15) is 4.39 Å². The molecular formula is C15H23FN2. The summed E-state index contributed by atoms with van der Waals surface area (Å²) in [6.07, 6.45) is 2.49. The predicted octanol–water partition coefficient (Wildman–Crippen LogP) is 2.74. The fourth-order valence-electron chi connectivity index (χ4n) is 3.10. The van der Waals surface area contributed by atoms with Crippen molar-refractivity contribution in [3.63, 3.8) is 0 Å². The molecule has 2 rings (SSSR count). The summed E-state index contributed by atoms with van der Waals surface area (Å²) in [5, 5.41) is 3.30. The molecule has 3 heteroatoms. The average Bonchev–Trinajstić information content (AvgIpc) is 3.04. The van der Waals surface area contributed by atoms with Crippen molar-refractivity contribution in [1.82, 2.24) is 10.2 Å². The van der Waals surface area contributed by atoms with Gasteiger partial charge in [0.15, 0.2) is 0 Å². The molecule has 0 spiro atoms. The minimum Gasteiger partial charge on any atom is -0.319 e. The Labute approximate surface area is 109 Å². The number of rotatable bonds is 5. The first kappa shape index (κ1) is 13.5. The Morgan fingerprint density at radius 2 is 2.06 bits per heavy atom. The van der Waals surface area contributed by atoms with Crippen molar-refractivity contribution >= 4 is 0 Å². The molecule has 0 heterocycles. The van der Waals surface area contributed by atoms with Crippen LogP contribution in [0, 0.1) is 18.2 Å².